The molecule has 1 rings (SSSR count). The summed E-state index contributed by atoms with van der Waals surface area (Å²) in [5, 5.41) is 0. The third-order valence-corrected chi connectivity index (χ3v) is 8.76. The molecule has 0 aromatic heterocycles. The number of allylic oxidation sites excluding steroid dienone is 8. The lowest BCUT2D eigenvalue weighted by atomic mass is 9.99. The highest BCUT2D eigenvalue weighted by Gasteiger charge is 2.34. The Balaban J connectivity index is 2.13. The Bertz CT molecular complexity index is 655. The molecule has 2 atom stereocenters. The molecule has 0 saturated carbocycles. The fourth-order valence-electron chi connectivity index (χ4n) is 5.92. The van der Waals surface area contributed by atoms with Crippen LogP contribution in [0, 0.1) is 0 Å². The molecule has 44 heavy (non-hydrogen) atoms. The number of hydrogen-bond acceptors (Lipinski definition) is 3. The molecule has 3 heteroatoms. The Morgan fingerprint density at radius 1 is 0.432 bits per heavy atom. The summed E-state index contributed by atoms with van der Waals surface area (Å²) in [6, 6.07) is 0. The van der Waals surface area contributed by atoms with Gasteiger partial charge in [-0.2, -0.15) is 0 Å². The van der Waals surface area contributed by atoms with E-state index in [4.69, 9.17) is 9.47 Å². The SMILES string of the molecule is CCCCC/C=C/C/C=C/CCCCCCCC1OC(CCN(C)C)OC1CCCCCCC/C=C/C/C=C/CCCCC. The van der Waals surface area contributed by atoms with Crippen LogP contribution in [0.5, 0.6) is 0 Å². The number of hydrogen-bond donors (Lipinski definition) is 0. The van der Waals surface area contributed by atoms with Gasteiger partial charge >= 0.3 is 0 Å². The third-order valence-electron chi connectivity index (χ3n) is 8.76. The molecule has 1 aliphatic heterocycles. The average Bonchev–Trinajstić information content (AvgIpc) is 3.41. The van der Waals surface area contributed by atoms with Crippen LogP contribution >= 0.6 is 0 Å². The first-order chi connectivity index (χ1) is 21.7. The van der Waals surface area contributed by atoms with Gasteiger partial charge in [0.1, 0.15) is 0 Å². The highest BCUT2D eigenvalue weighted by molar-refractivity contribution is 4.93. The maximum Gasteiger partial charge on any atom is 0.159 e. The lowest BCUT2D eigenvalue weighted by Crippen LogP contribution is -2.22. The van der Waals surface area contributed by atoms with Crippen molar-refractivity contribution in [2.24, 2.45) is 0 Å². The van der Waals surface area contributed by atoms with Gasteiger partial charge < -0.3 is 14.4 Å². The Kier molecular flexibility index (Phi) is 29.5. The van der Waals surface area contributed by atoms with Gasteiger partial charge in [0.25, 0.3) is 0 Å². The zero-order chi connectivity index (χ0) is 31.8. The maximum absolute atomic E-state index is 6.44. The summed E-state index contributed by atoms with van der Waals surface area (Å²) in [6.45, 7) is 5.56. The van der Waals surface area contributed by atoms with Crippen molar-refractivity contribution >= 4 is 0 Å². The van der Waals surface area contributed by atoms with Crippen LogP contribution in [0.4, 0.5) is 0 Å². The molecule has 256 valence electrons. The van der Waals surface area contributed by atoms with Crippen LogP contribution in [-0.2, 0) is 9.47 Å². The summed E-state index contributed by atoms with van der Waals surface area (Å²) in [4.78, 5) is 2.23. The second-order valence-corrected chi connectivity index (χ2v) is 13.4. The van der Waals surface area contributed by atoms with Crippen LogP contribution in [0.2, 0.25) is 0 Å². The van der Waals surface area contributed by atoms with Crippen molar-refractivity contribution in [1.29, 1.82) is 0 Å². The third kappa shape index (κ3) is 26.1. The molecule has 0 N–H and O–H groups in total. The van der Waals surface area contributed by atoms with E-state index in [1.165, 1.54) is 128 Å². The molecule has 0 aromatic rings. The molecule has 1 fully saturated rings. The number of nitrogens with zero attached hydrogens (tertiary/aromatic N) is 1. The second-order valence-electron chi connectivity index (χ2n) is 13.4. The molecule has 0 spiro atoms. The zero-order valence-electron chi connectivity index (χ0n) is 30.0. The summed E-state index contributed by atoms with van der Waals surface area (Å²) in [7, 11) is 4.27. The van der Waals surface area contributed by atoms with Gasteiger partial charge in [-0.05, 0) is 91.1 Å². The molecular formula is C41H75NO2. The lowest BCUT2D eigenvalue weighted by Gasteiger charge is -2.16. The highest BCUT2D eigenvalue weighted by Crippen LogP contribution is 2.29. The van der Waals surface area contributed by atoms with E-state index in [1.54, 1.807) is 0 Å². The quantitative estimate of drug-likeness (QED) is 0.0573. The van der Waals surface area contributed by atoms with Crippen LogP contribution in [0.25, 0.3) is 0 Å². The van der Waals surface area contributed by atoms with E-state index in [9.17, 15) is 0 Å². The average molecular weight is 614 g/mol. The lowest BCUT2D eigenvalue weighted by molar-refractivity contribution is -0.0743. The number of ether oxygens (including phenoxy) is 2. The Labute approximate surface area is 276 Å². The molecule has 1 aliphatic rings. The van der Waals surface area contributed by atoms with Gasteiger partial charge in [0.15, 0.2) is 6.29 Å². The smallest absolute Gasteiger partial charge is 0.159 e. The zero-order valence-corrected chi connectivity index (χ0v) is 30.0. The first kappa shape index (κ1) is 40.9. The molecule has 3 nitrogen and oxygen atoms in total. The molecule has 0 aromatic carbocycles. The molecule has 0 amide bonds. The first-order valence-electron chi connectivity index (χ1n) is 19.2. The molecule has 0 aliphatic carbocycles. The van der Waals surface area contributed by atoms with E-state index >= 15 is 0 Å². The van der Waals surface area contributed by atoms with Crippen LogP contribution in [0.3, 0.4) is 0 Å². The summed E-state index contributed by atoms with van der Waals surface area (Å²) >= 11 is 0. The topological polar surface area (TPSA) is 21.7 Å². The second kappa shape index (κ2) is 31.8. The maximum atomic E-state index is 6.44. The summed E-state index contributed by atoms with van der Waals surface area (Å²) in [5.74, 6) is 0. The standard InChI is InChI=1S/C41H75NO2/c1-5-7-9-11-13-15-17-19-21-23-25-27-29-31-33-35-39-40(44-41(43-39)37-38-42(3)4)36-34-32-30-28-26-24-22-20-18-16-14-12-10-8-6-2/h13-16,19-22,39-41H,5-12,17-18,23-38H2,1-4H3/b15-13+,16-14+,21-19+,22-20+. The largest absolute Gasteiger partial charge is 0.347 e. The van der Waals surface area contributed by atoms with Crippen molar-refractivity contribution in [2.45, 2.75) is 193 Å². The van der Waals surface area contributed by atoms with E-state index in [1.807, 2.05) is 0 Å². The fraction of sp³-hybridized carbons (Fsp3) is 0.805. The van der Waals surface area contributed by atoms with Gasteiger partial charge in [-0.25, -0.2) is 0 Å². The number of unbranched alkanes of at least 4 members (excludes halogenated alkanes) is 16. The predicted molar refractivity (Wildman–Crippen MR) is 195 cm³/mol. The first-order valence-corrected chi connectivity index (χ1v) is 19.2. The van der Waals surface area contributed by atoms with Gasteiger partial charge in [0.2, 0.25) is 0 Å². The minimum atomic E-state index is -0.0108. The molecule has 2 unspecified atom stereocenters. The van der Waals surface area contributed by atoms with Crippen LogP contribution in [0.1, 0.15) is 174 Å². The Morgan fingerprint density at radius 2 is 0.795 bits per heavy atom. The Hall–Kier alpha value is -1.16. The van der Waals surface area contributed by atoms with Gasteiger partial charge in [-0.3, -0.25) is 0 Å². The van der Waals surface area contributed by atoms with Crippen molar-refractivity contribution in [3.8, 4) is 0 Å². The van der Waals surface area contributed by atoms with E-state index in [-0.39, 0.29) is 6.29 Å². The van der Waals surface area contributed by atoms with Crippen LogP contribution < -0.4 is 0 Å². The molecule has 0 bridgehead atoms. The monoisotopic (exact) mass is 614 g/mol. The molecule has 1 heterocycles. The van der Waals surface area contributed by atoms with E-state index in [0.717, 1.165) is 38.6 Å². The molecular weight excluding hydrogens is 538 g/mol. The Morgan fingerprint density at radius 3 is 1.18 bits per heavy atom. The summed E-state index contributed by atoms with van der Waals surface area (Å²) in [6.07, 6.45) is 51.1. The van der Waals surface area contributed by atoms with Gasteiger partial charge in [-0.15, -0.1) is 0 Å². The van der Waals surface area contributed by atoms with Gasteiger partial charge in [0.05, 0.1) is 12.2 Å². The van der Waals surface area contributed by atoms with Crippen molar-refractivity contribution in [1.82, 2.24) is 4.90 Å². The normalized spacial score (nSPS) is 19.3. The van der Waals surface area contributed by atoms with Gasteiger partial charge in [0, 0.05) is 13.0 Å². The number of rotatable bonds is 31. The van der Waals surface area contributed by atoms with Crippen molar-refractivity contribution < 1.29 is 9.47 Å². The van der Waals surface area contributed by atoms with E-state index in [0.29, 0.717) is 12.2 Å². The predicted octanol–water partition coefficient (Wildman–Crippen LogP) is 12.7. The fourth-order valence-corrected chi connectivity index (χ4v) is 5.92. The van der Waals surface area contributed by atoms with Gasteiger partial charge in [-0.1, -0.05) is 140 Å². The van der Waals surface area contributed by atoms with Crippen molar-refractivity contribution in [3.05, 3.63) is 48.6 Å². The minimum absolute atomic E-state index is 0.0108. The van der Waals surface area contributed by atoms with E-state index in [2.05, 4.69) is 81.5 Å². The van der Waals surface area contributed by atoms with Crippen LogP contribution in [-0.4, -0.2) is 44.0 Å². The van der Waals surface area contributed by atoms with Crippen LogP contribution in [0.15, 0.2) is 48.6 Å². The summed E-state index contributed by atoms with van der Waals surface area (Å²) in [5.41, 5.74) is 0. The summed E-state index contributed by atoms with van der Waals surface area (Å²) < 4.78 is 12.9. The van der Waals surface area contributed by atoms with E-state index < -0.39 is 0 Å². The molecule has 0 radical (unpaired) electrons. The minimum Gasteiger partial charge on any atom is -0.347 e. The van der Waals surface area contributed by atoms with Crippen molar-refractivity contribution in [2.75, 3.05) is 20.6 Å². The van der Waals surface area contributed by atoms with Crippen molar-refractivity contribution in [3.63, 3.8) is 0 Å². The molecule has 1 saturated heterocycles. The highest BCUT2D eigenvalue weighted by atomic mass is 16.7.